The van der Waals surface area contributed by atoms with Gasteiger partial charge in [0, 0.05) is 17.6 Å². The SMILES string of the molecule is O=C(O)C(O)CNS(=O)(=O)c1ccc(Cl)cc1[N+](=O)[O-]. The van der Waals surface area contributed by atoms with Crippen molar-refractivity contribution in [3.05, 3.63) is 33.3 Å². The molecule has 1 aromatic carbocycles. The lowest BCUT2D eigenvalue weighted by Crippen LogP contribution is -2.36. The summed E-state index contributed by atoms with van der Waals surface area (Å²) in [6, 6.07) is 2.90. The standard InChI is InChI=1S/C9H9ClN2O7S/c10-5-1-2-8(6(3-5)12(16)17)20(18,19)11-4-7(13)9(14)15/h1-3,7,11,13H,4H2,(H,14,15). The van der Waals surface area contributed by atoms with Gasteiger partial charge >= 0.3 is 5.97 Å². The molecule has 110 valence electrons. The summed E-state index contributed by atoms with van der Waals surface area (Å²) in [7, 11) is -4.35. The molecule has 3 N–H and O–H groups in total. The fourth-order valence-corrected chi connectivity index (χ4v) is 2.57. The number of carboxylic acid groups (broad SMARTS) is 1. The van der Waals surface area contributed by atoms with E-state index in [1.54, 1.807) is 4.72 Å². The van der Waals surface area contributed by atoms with E-state index in [-0.39, 0.29) is 5.02 Å². The number of nitro groups is 1. The van der Waals surface area contributed by atoms with Gasteiger partial charge in [-0.2, -0.15) is 0 Å². The Bertz CT molecular complexity index is 646. The van der Waals surface area contributed by atoms with Crippen molar-refractivity contribution in [3.63, 3.8) is 0 Å². The summed E-state index contributed by atoms with van der Waals surface area (Å²) >= 11 is 5.54. The molecule has 0 aromatic heterocycles. The molecule has 0 aliphatic rings. The van der Waals surface area contributed by atoms with E-state index in [0.717, 1.165) is 18.2 Å². The van der Waals surface area contributed by atoms with Crippen molar-refractivity contribution in [2.45, 2.75) is 11.0 Å². The first-order valence-corrected chi connectivity index (χ1v) is 6.85. The van der Waals surface area contributed by atoms with Gasteiger partial charge in [0.25, 0.3) is 5.69 Å². The largest absolute Gasteiger partial charge is 0.479 e. The molecule has 0 fully saturated rings. The molecule has 0 bridgehead atoms. The molecule has 1 rings (SSSR count). The van der Waals surface area contributed by atoms with E-state index in [1.807, 2.05) is 0 Å². The van der Waals surface area contributed by atoms with Crippen LogP contribution in [0.3, 0.4) is 0 Å². The van der Waals surface area contributed by atoms with E-state index < -0.39 is 44.1 Å². The number of halogens is 1. The monoisotopic (exact) mass is 324 g/mol. The van der Waals surface area contributed by atoms with E-state index >= 15 is 0 Å². The van der Waals surface area contributed by atoms with Crippen LogP contribution in [0.15, 0.2) is 23.1 Å². The molecular formula is C9H9ClN2O7S. The van der Waals surface area contributed by atoms with Gasteiger partial charge < -0.3 is 10.2 Å². The molecule has 9 nitrogen and oxygen atoms in total. The highest BCUT2D eigenvalue weighted by atomic mass is 35.5. The van der Waals surface area contributed by atoms with Crippen molar-refractivity contribution in [3.8, 4) is 0 Å². The second-order valence-corrected chi connectivity index (χ2v) is 5.75. The summed E-state index contributed by atoms with van der Waals surface area (Å²) in [5, 5.41) is 28.1. The number of aliphatic hydroxyl groups is 1. The first-order chi connectivity index (χ1) is 9.15. The maximum absolute atomic E-state index is 11.8. The van der Waals surface area contributed by atoms with Crippen LogP contribution in [0.5, 0.6) is 0 Å². The molecule has 20 heavy (non-hydrogen) atoms. The highest BCUT2D eigenvalue weighted by molar-refractivity contribution is 7.89. The number of sulfonamides is 1. The third-order valence-corrected chi connectivity index (χ3v) is 3.87. The zero-order chi connectivity index (χ0) is 15.5. The molecule has 0 saturated carbocycles. The number of aliphatic hydroxyl groups excluding tert-OH is 1. The number of nitrogens with zero attached hydrogens (tertiary/aromatic N) is 1. The molecule has 0 aliphatic carbocycles. The van der Waals surface area contributed by atoms with Gasteiger partial charge in [0.15, 0.2) is 11.0 Å². The Kier molecular flexibility index (Phi) is 5.00. The summed E-state index contributed by atoms with van der Waals surface area (Å²) in [6.45, 7) is -0.822. The van der Waals surface area contributed by atoms with Crippen LogP contribution in [0.2, 0.25) is 5.02 Å². The number of aliphatic carboxylic acids is 1. The number of carboxylic acids is 1. The Hall–Kier alpha value is -1.75. The number of rotatable bonds is 6. The molecular weight excluding hydrogens is 316 g/mol. The lowest BCUT2D eigenvalue weighted by molar-refractivity contribution is -0.387. The summed E-state index contributed by atoms with van der Waals surface area (Å²) in [5.41, 5.74) is -0.755. The first-order valence-electron chi connectivity index (χ1n) is 4.99. The van der Waals surface area contributed by atoms with Crippen molar-refractivity contribution >= 4 is 33.3 Å². The number of nitro benzene ring substituents is 1. The first kappa shape index (κ1) is 16.3. The van der Waals surface area contributed by atoms with Gasteiger partial charge in [0.2, 0.25) is 10.0 Å². The fraction of sp³-hybridized carbons (Fsp3) is 0.222. The molecule has 0 spiro atoms. The Labute approximate surface area is 118 Å². The van der Waals surface area contributed by atoms with Crippen LogP contribution in [0, 0.1) is 10.1 Å². The van der Waals surface area contributed by atoms with Gasteiger partial charge in [-0.25, -0.2) is 17.9 Å². The van der Waals surface area contributed by atoms with Crippen LogP contribution in [-0.2, 0) is 14.8 Å². The number of benzene rings is 1. The highest BCUT2D eigenvalue weighted by Gasteiger charge is 2.27. The summed E-state index contributed by atoms with van der Waals surface area (Å²) in [6.07, 6.45) is -1.96. The van der Waals surface area contributed by atoms with Crippen molar-refractivity contribution in [2.75, 3.05) is 6.54 Å². The average molecular weight is 325 g/mol. The molecule has 11 heteroatoms. The molecule has 0 saturated heterocycles. The zero-order valence-electron chi connectivity index (χ0n) is 9.69. The van der Waals surface area contributed by atoms with Gasteiger partial charge in [-0.1, -0.05) is 11.6 Å². The predicted molar refractivity (Wildman–Crippen MR) is 66.9 cm³/mol. The molecule has 0 aliphatic heterocycles. The van der Waals surface area contributed by atoms with Crippen molar-refractivity contribution in [1.82, 2.24) is 4.72 Å². The van der Waals surface area contributed by atoms with Crippen LogP contribution in [0.4, 0.5) is 5.69 Å². The van der Waals surface area contributed by atoms with Gasteiger partial charge in [0.1, 0.15) is 0 Å². The van der Waals surface area contributed by atoms with Crippen molar-refractivity contribution < 1.29 is 28.3 Å². The Morgan fingerprint density at radius 3 is 2.60 bits per heavy atom. The molecule has 1 atom stereocenters. The normalized spacial score (nSPS) is 12.9. The smallest absolute Gasteiger partial charge is 0.333 e. The maximum atomic E-state index is 11.8. The Morgan fingerprint density at radius 1 is 1.50 bits per heavy atom. The van der Waals surface area contributed by atoms with Gasteiger partial charge in [-0.15, -0.1) is 0 Å². The van der Waals surface area contributed by atoms with Gasteiger partial charge in [0.05, 0.1) is 4.92 Å². The molecule has 1 aromatic rings. The lowest BCUT2D eigenvalue weighted by Gasteiger charge is -2.09. The molecule has 1 unspecified atom stereocenters. The minimum Gasteiger partial charge on any atom is -0.479 e. The minimum atomic E-state index is -4.35. The van der Waals surface area contributed by atoms with Gasteiger partial charge in [-0.05, 0) is 12.1 Å². The quantitative estimate of drug-likeness (QED) is 0.491. The summed E-state index contributed by atoms with van der Waals surface area (Å²) in [4.78, 5) is 19.5. The molecule has 0 radical (unpaired) electrons. The zero-order valence-corrected chi connectivity index (χ0v) is 11.3. The van der Waals surface area contributed by atoms with E-state index in [0.29, 0.717) is 0 Å². The number of carbonyl (C=O) groups is 1. The van der Waals surface area contributed by atoms with E-state index in [4.69, 9.17) is 21.8 Å². The molecule has 0 amide bonds. The Balaban J connectivity index is 3.10. The number of nitrogens with one attached hydrogen (secondary N) is 1. The van der Waals surface area contributed by atoms with Crippen LogP contribution < -0.4 is 4.72 Å². The van der Waals surface area contributed by atoms with Crippen LogP contribution in [-0.4, -0.2) is 42.2 Å². The van der Waals surface area contributed by atoms with Crippen molar-refractivity contribution in [1.29, 1.82) is 0 Å². The van der Waals surface area contributed by atoms with Crippen LogP contribution in [0.1, 0.15) is 0 Å². The number of hydrogen-bond acceptors (Lipinski definition) is 6. The second kappa shape index (κ2) is 6.13. The lowest BCUT2D eigenvalue weighted by atomic mass is 10.3. The maximum Gasteiger partial charge on any atom is 0.333 e. The van der Waals surface area contributed by atoms with Crippen molar-refractivity contribution in [2.24, 2.45) is 0 Å². The number of hydrogen-bond donors (Lipinski definition) is 3. The minimum absolute atomic E-state index is 0.0266. The van der Waals surface area contributed by atoms with E-state index in [2.05, 4.69) is 0 Å². The third-order valence-electron chi connectivity index (χ3n) is 2.16. The fourth-order valence-electron chi connectivity index (χ4n) is 1.21. The summed E-state index contributed by atoms with van der Waals surface area (Å²) < 4.78 is 25.4. The highest BCUT2D eigenvalue weighted by Crippen LogP contribution is 2.26. The van der Waals surface area contributed by atoms with E-state index in [1.165, 1.54) is 0 Å². The van der Waals surface area contributed by atoms with E-state index in [9.17, 15) is 23.3 Å². The summed E-state index contributed by atoms with van der Waals surface area (Å²) in [5.74, 6) is -1.63. The van der Waals surface area contributed by atoms with Crippen LogP contribution >= 0.6 is 11.6 Å². The van der Waals surface area contributed by atoms with Gasteiger partial charge in [-0.3, -0.25) is 10.1 Å². The third kappa shape index (κ3) is 3.87. The average Bonchev–Trinajstić information content (AvgIpc) is 2.35. The van der Waals surface area contributed by atoms with Crippen LogP contribution in [0.25, 0.3) is 0 Å². The Morgan fingerprint density at radius 2 is 2.10 bits per heavy atom. The molecule has 0 heterocycles. The second-order valence-electron chi connectivity index (χ2n) is 3.58. The predicted octanol–water partition coefficient (Wildman–Crippen LogP) is -0.0280. The topological polar surface area (TPSA) is 147 Å².